The third kappa shape index (κ3) is 4.12. The number of rotatable bonds is 6. The molecule has 1 saturated carbocycles. The van der Waals surface area contributed by atoms with Crippen molar-refractivity contribution in [2.24, 2.45) is 5.92 Å². The Bertz CT molecular complexity index is 617. The van der Waals surface area contributed by atoms with Crippen LogP contribution in [0.5, 0.6) is 0 Å². The van der Waals surface area contributed by atoms with Crippen molar-refractivity contribution >= 4 is 29.3 Å². The number of thioether (sulfide) groups is 1. The molecule has 0 unspecified atom stereocenters. The van der Waals surface area contributed by atoms with Crippen molar-refractivity contribution in [3.05, 3.63) is 29.3 Å². The molecular weight excluding hydrogens is 320 g/mol. The van der Waals surface area contributed by atoms with E-state index in [9.17, 15) is 9.59 Å². The van der Waals surface area contributed by atoms with Gasteiger partial charge in [-0.25, -0.2) is 0 Å². The maximum Gasteiger partial charge on any atom is 0.227 e. The summed E-state index contributed by atoms with van der Waals surface area (Å²) in [6.07, 6.45) is 8.43. The number of carbonyl (C=O) groups is 2. The molecule has 2 aliphatic rings. The Morgan fingerprint density at radius 2 is 2.12 bits per heavy atom. The van der Waals surface area contributed by atoms with E-state index in [1.807, 2.05) is 18.4 Å². The predicted molar refractivity (Wildman–Crippen MR) is 99.4 cm³/mol. The molecule has 130 valence electrons. The minimum atomic E-state index is 0.00751. The Hall–Kier alpha value is -1.49. The van der Waals surface area contributed by atoms with E-state index in [1.54, 1.807) is 11.8 Å². The largest absolute Gasteiger partial charge is 0.353 e. The summed E-state index contributed by atoms with van der Waals surface area (Å²) >= 11 is 1.68. The molecule has 2 atom stereocenters. The van der Waals surface area contributed by atoms with Gasteiger partial charge in [-0.05, 0) is 62.0 Å². The van der Waals surface area contributed by atoms with Crippen LogP contribution in [0.4, 0.5) is 5.69 Å². The molecule has 3 rings (SSSR count). The molecule has 2 aliphatic carbocycles. The summed E-state index contributed by atoms with van der Waals surface area (Å²) in [6.45, 7) is 0. The lowest BCUT2D eigenvalue weighted by molar-refractivity contribution is -0.122. The molecule has 5 heteroatoms. The van der Waals surface area contributed by atoms with Gasteiger partial charge in [0.25, 0.3) is 0 Å². The number of carbonyl (C=O) groups excluding carboxylic acids is 2. The van der Waals surface area contributed by atoms with E-state index < -0.39 is 0 Å². The summed E-state index contributed by atoms with van der Waals surface area (Å²) in [5.41, 5.74) is 3.67. The van der Waals surface area contributed by atoms with Crippen LogP contribution in [0.2, 0.25) is 0 Å². The summed E-state index contributed by atoms with van der Waals surface area (Å²) in [7, 11) is 0. The SMILES string of the molecule is CSCCC(=O)N[C@@H]1CC[C@H](C(=O)Nc2cccc3c2CCC3)C1. The predicted octanol–water partition coefficient (Wildman–Crippen LogP) is 3.15. The Balaban J connectivity index is 1.52. The minimum Gasteiger partial charge on any atom is -0.353 e. The smallest absolute Gasteiger partial charge is 0.227 e. The number of anilines is 1. The summed E-state index contributed by atoms with van der Waals surface area (Å²) in [6, 6.07) is 6.35. The van der Waals surface area contributed by atoms with Crippen LogP contribution in [0.25, 0.3) is 0 Å². The summed E-state index contributed by atoms with van der Waals surface area (Å²) in [4.78, 5) is 24.4. The van der Waals surface area contributed by atoms with E-state index in [2.05, 4.69) is 16.7 Å². The average molecular weight is 346 g/mol. The van der Waals surface area contributed by atoms with E-state index in [1.165, 1.54) is 17.5 Å². The van der Waals surface area contributed by atoms with Gasteiger partial charge in [0.05, 0.1) is 0 Å². The molecule has 0 heterocycles. The summed E-state index contributed by atoms with van der Waals surface area (Å²) in [5.74, 6) is 1.07. The highest BCUT2D eigenvalue weighted by molar-refractivity contribution is 7.98. The van der Waals surface area contributed by atoms with Crippen molar-refractivity contribution in [1.29, 1.82) is 0 Å². The first-order chi connectivity index (χ1) is 11.7. The molecule has 0 bridgehead atoms. The van der Waals surface area contributed by atoms with Gasteiger partial charge >= 0.3 is 0 Å². The van der Waals surface area contributed by atoms with Crippen molar-refractivity contribution < 1.29 is 9.59 Å². The number of fused-ring (bicyclic) bond motifs is 1. The molecule has 0 saturated heterocycles. The first-order valence-electron chi connectivity index (χ1n) is 8.87. The van der Waals surface area contributed by atoms with Gasteiger partial charge in [0, 0.05) is 29.8 Å². The summed E-state index contributed by atoms with van der Waals surface area (Å²) in [5, 5.41) is 6.21. The topological polar surface area (TPSA) is 58.2 Å². The number of hydrogen-bond donors (Lipinski definition) is 2. The van der Waals surface area contributed by atoms with Crippen LogP contribution in [0.3, 0.4) is 0 Å². The van der Waals surface area contributed by atoms with Crippen molar-refractivity contribution in [2.75, 3.05) is 17.3 Å². The average Bonchev–Trinajstić information content (AvgIpc) is 3.22. The fourth-order valence-electron chi connectivity index (χ4n) is 3.82. The van der Waals surface area contributed by atoms with E-state index >= 15 is 0 Å². The third-order valence-electron chi connectivity index (χ3n) is 5.11. The molecule has 0 radical (unpaired) electrons. The van der Waals surface area contributed by atoms with E-state index in [0.717, 1.165) is 43.5 Å². The zero-order valence-electron chi connectivity index (χ0n) is 14.3. The highest BCUT2D eigenvalue weighted by atomic mass is 32.2. The molecule has 2 N–H and O–H groups in total. The highest BCUT2D eigenvalue weighted by Gasteiger charge is 2.31. The van der Waals surface area contributed by atoms with Gasteiger partial charge in [-0.15, -0.1) is 0 Å². The lowest BCUT2D eigenvalue weighted by atomic mass is 10.0. The standard InChI is InChI=1S/C19H26N2O2S/c1-24-11-10-18(22)20-15-9-8-14(12-15)19(23)21-17-7-3-5-13-4-2-6-16(13)17/h3,5,7,14-15H,2,4,6,8-12H2,1H3,(H,20,22)(H,21,23)/t14-,15+/m0/s1. The molecule has 4 nitrogen and oxygen atoms in total. The number of benzene rings is 1. The second kappa shape index (κ2) is 8.06. The van der Waals surface area contributed by atoms with Gasteiger partial charge in [0.15, 0.2) is 0 Å². The Labute approximate surface area is 148 Å². The van der Waals surface area contributed by atoms with Crippen molar-refractivity contribution in [2.45, 2.75) is 51.0 Å². The van der Waals surface area contributed by atoms with Crippen LogP contribution in [0.1, 0.15) is 43.2 Å². The minimum absolute atomic E-state index is 0.00751. The Morgan fingerprint density at radius 1 is 1.25 bits per heavy atom. The van der Waals surface area contributed by atoms with Gasteiger partial charge in [-0.1, -0.05) is 12.1 Å². The fraction of sp³-hybridized carbons (Fsp3) is 0.579. The fourth-order valence-corrected chi connectivity index (χ4v) is 4.21. The molecule has 0 spiro atoms. The second-order valence-corrected chi connectivity index (χ2v) is 7.79. The Kier molecular flexibility index (Phi) is 5.82. The molecule has 2 amide bonds. The Morgan fingerprint density at radius 3 is 2.96 bits per heavy atom. The monoisotopic (exact) mass is 346 g/mol. The molecule has 1 aromatic rings. The number of nitrogens with one attached hydrogen (secondary N) is 2. The first-order valence-corrected chi connectivity index (χ1v) is 10.3. The van der Waals surface area contributed by atoms with Crippen molar-refractivity contribution in [3.8, 4) is 0 Å². The first kappa shape index (κ1) is 17.3. The van der Waals surface area contributed by atoms with Crippen LogP contribution in [-0.4, -0.2) is 29.9 Å². The van der Waals surface area contributed by atoms with Gasteiger partial charge in [-0.2, -0.15) is 11.8 Å². The van der Waals surface area contributed by atoms with Crippen molar-refractivity contribution in [3.63, 3.8) is 0 Å². The molecule has 1 fully saturated rings. The van der Waals surface area contributed by atoms with Gasteiger partial charge in [0.2, 0.25) is 11.8 Å². The maximum atomic E-state index is 12.6. The zero-order chi connectivity index (χ0) is 16.9. The van der Waals surface area contributed by atoms with Crippen LogP contribution >= 0.6 is 11.8 Å². The second-order valence-electron chi connectivity index (χ2n) is 6.80. The van der Waals surface area contributed by atoms with E-state index in [4.69, 9.17) is 0 Å². The van der Waals surface area contributed by atoms with E-state index in [0.29, 0.717) is 6.42 Å². The molecule has 0 aromatic heterocycles. The molecule has 24 heavy (non-hydrogen) atoms. The number of amides is 2. The van der Waals surface area contributed by atoms with Gasteiger partial charge < -0.3 is 10.6 Å². The zero-order valence-corrected chi connectivity index (χ0v) is 15.1. The molecule has 0 aliphatic heterocycles. The van der Waals surface area contributed by atoms with E-state index in [-0.39, 0.29) is 23.8 Å². The number of hydrogen-bond acceptors (Lipinski definition) is 3. The van der Waals surface area contributed by atoms with Gasteiger partial charge in [-0.3, -0.25) is 9.59 Å². The lowest BCUT2D eigenvalue weighted by Crippen LogP contribution is -2.34. The van der Waals surface area contributed by atoms with Crippen LogP contribution in [-0.2, 0) is 22.4 Å². The summed E-state index contributed by atoms with van der Waals surface area (Å²) < 4.78 is 0. The molecule has 1 aromatic carbocycles. The van der Waals surface area contributed by atoms with Crippen LogP contribution in [0, 0.1) is 5.92 Å². The molecular formula is C19H26N2O2S. The number of aryl methyl sites for hydroxylation is 1. The normalized spacial score (nSPS) is 22.2. The maximum absolute atomic E-state index is 12.6. The van der Waals surface area contributed by atoms with Crippen molar-refractivity contribution in [1.82, 2.24) is 5.32 Å². The lowest BCUT2D eigenvalue weighted by Gasteiger charge is -2.15. The van der Waals surface area contributed by atoms with Crippen LogP contribution < -0.4 is 10.6 Å². The van der Waals surface area contributed by atoms with Crippen LogP contribution in [0.15, 0.2) is 18.2 Å². The highest BCUT2D eigenvalue weighted by Crippen LogP contribution is 2.31. The van der Waals surface area contributed by atoms with Gasteiger partial charge in [0.1, 0.15) is 0 Å². The third-order valence-corrected chi connectivity index (χ3v) is 5.72. The quantitative estimate of drug-likeness (QED) is 0.832.